The van der Waals surface area contributed by atoms with Gasteiger partial charge in [-0.05, 0) is 71.2 Å². The summed E-state index contributed by atoms with van der Waals surface area (Å²) < 4.78 is 5.71. The summed E-state index contributed by atoms with van der Waals surface area (Å²) in [4.78, 5) is 10.3. The number of ether oxygens (including phenoxy) is 1. The van der Waals surface area contributed by atoms with E-state index < -0.39 is 0 Å². The van der Waals surface area contributed by atoms with Crippen molar-refractivity contribution in [2.75, 3.05) is 60.0 Å². The number of rotatable bonds is 7. The number of guanidine groups is 1. The molecule has 2 heterocycles. The number of hydrogen-bond donors (Lipinski definition) is 2. The molecule has 2 N–H and O–H groups in total. The first kappa shape index (κ1) is 26.9. The molecule has 1 atom stereocenters. The summed E-state index contributed by atoms with van der Waals surface area (Å²) in [5.41, 5.74) is 0.321. The highest BCUT2D eigenvalue weighted by Crippen LogP contribution is 2.31. The molecule has 2 rings (SSSR count). The van der Waals surface area contributed by atoms with Gasteiger partial charge >= 0.3 is 0 Å². The lowest BCUT2D eigenvalue weighted by Crippen LogP contribution is -2.58. The summed E-state index contributed by atoms with van der Waals surface area (Å²) in [5.74, 6) is 0.920. The van der Waals surface area contributed by atoms with E-state index in [1.807, 2.05) is 0 Å². The maximum absolute atomic E-state index is 5.71. The highest BCUT2D eigenvalue weighted by atomic mass is 127. The van der Waals surface area contributed by atoms with Crippen molar-refractivity contribution in [2.24, 2.45) is 10.4 Å². The van der Waals surface area contributed by atoms with Crippen LogP contribution < -0.4 is 10.6 Å². The van der Waals surface area contributed by atoms with Crippen LogP contribution in [-0.4, -0.2) is 87.4 Å². The van der Waals surface area contributed by atoms with E-state index in [-0.39, 0.29) is 41.0 Å². The molecule has 7 heteroatoms. The predicted octanol–water partition coefficient (Wildman–Crippen LogP) is 3.17. The maximum Gasteiger partial charge on any atom is 0.191 e. The number of hydrogen-bond acceptors (Lipinski definition) is 4. The third kappa shape index (κ3) is 8.15. The molecule has 172 valence electrons. The van der Waals surface area contributed by atoms with Crippen LogP contribution in [0.3, 0.4) is 0 Å². The molecular formula is C22H46IN5O. The molecule has 29 heavy (non-hydrogen) atoms. The molecule has 2 aliphatic rings. The first-order chi connectivity index (χ1) is 13.3. The minimum Gasteiger partial charge on any atom is -0.379 e. The molecule has 2 aliphatic heterocycles. The lowest BCUT2D eigenvalue weighted by Gasteiger charge is -2.49. The van der Waals surface area contributed by atoms with Gasteiger partial charge < -0.3 is 20.3 Å². The molecule has 2 fully saturated rings. The Labute approximate surface area is 196 Å². The topological polar surface area (TPSA) is 52.1 Å². The van der Waals surface area contributed by atoms with Gasteiger partial charge in [0.15, 0.2) is 5.96 Å². The Bertz CT molecular complexity index is 480. The van der Waals surface area contributed by atoms with Crippen molar-refractivity contribution in [1.82, 2.24) is 20.4 Å². The number of nitrogens with zero attached hydrogens (tertiary/aromatic N) is 3. The molecule has 0 saturated carbocycles. The number of likely N-dealkylation sites (tertiary alicyclic amines) is 2. The zero-order chi connectivity index (χ0) is 20.6. The third-order valence-corrected chi connectivity index (χ3v) is 6.53. The number of halogens is 1. The quantitative estimate of drug-likeness (QED) is 0.305. The second-order valence-corrected chi connectivity index (χ2v) is 9.74. The van der Waals surface area contributed by atoms with Crippen LogP contribution in [0.1, 0.15) is 59.8 Å². The van der Waals surface area contributed by atoms with Gasteiger partial charge in [0.2, 0.25) is 0 Å². The van der Waals surface area contributed by atoms with Crippen molar-refractivity contribution in [3.8, 4) is 0 Å². The molecule has 0 spiro atoms. The van der Waals surface area contributed by atoms with E-state index in [4.69, 9.17) is 9.73 Å². The number of aliphatic imine (C=N–C) groups is 1. The van der Waals surface area contributed by atoms with Crippen LogP contribution in [0, 0.1) is 5.41 Å². The van der Waals surface area contributed by atoms with Gasteiger partial charge in [-0.3, -0.25) is 9.89 Å². The monoisotopic (exact) mass is 523 g/mol. The van der Waals surface area contributed by atoms with Crippen molar-refractivity contribution >= 4 is 29.9 Å². The molecule has 2 saturated heterocycles. The first-order valence-electron chi connectivity index (χ1n) is 11.3. The molecular weight excluding hydrogens is 477 g/mol. The second kappa shape index (κ2) is 12.7. The predicted molar refractivity (Wildman–Crippen MR) is 135 cm³/mol. The Morgan fingerprint density at radius 2 is 1.69 bits per heavy atom. The van der Waals surface area contributed by atoms with Crippen LogP contribution in [0.4, 0.5) is 0 Å². The molecule has 6 nitrogen and oxygen atoms in total. The fraction of sp³-hybridized carbons (Fsp3) is 0.955. The van der Waals surface area contributed by atoms with E-state index in [0.717, 1.165) is 25.6 Å². The zero-order valence-corrected chi connectivity index (χ0v) is 22.1. The molecule has 0 bridgehead atoms. The smallest absolute Gasteiger partial charge is 0.191 e. The summed E-state index contributed by atoms with van der Waals surface area (Å²) in [6, 6.07) is 0. The van der Waals surface area contributed by atoms with Crippen molar-refractivity contribution < 1.29 is 4.74 Å². The van der Waals surface area contributed by atoms with Crippen LogP contribution in [-0.2, 0) is 4.74 Å². The minimum atomic E-state index is 0. The fourth-order valence-corrected chi connectivity index (χ4v) is 4.48. The molecule has 0 radical (unpaired) electrons. The van der Waals surface area contributed by atoms with Crippen LogP contribution >= 0.6 is 24.0 Å². The SMILES string of the molecule is CCNC(=NCC1(N2CCCCC2)CCN(C)CC1)NCC(OC)C(C)(C)C.I. The van der Waals surface area contributed by atoms with E-state index >= 15 is 0 Å². The Morgan fingerprint density at radius 3 is 2.21 bits per heavy atom. The van der Waals surface area contributed by atoms with Crippen LogP contribution in [0.5, 0.6) is 0 Å². The second-order valence-electron chi connectivity index (χ2n) is 9.74. The summed E-state index contributed by atoms with van der Waals surface area (Å²) in [5, 5.41) is 6.97. The largest absolute Gasteiger partial charge is 0.379 e. The molecule has 0 amide bonds. The van der Waals surface area contributed by atoms with Gasteiger partial charge in [-0.1, -0.05) is 27.2 Å². The van der Waals surface area contributed by atoms with Crippen molar-refractivity contribution in [3.63, 3.8) is 0 Å². The number of nitrogens with one attached hydrogen (secondary N) is 2. The van der Waals surface area contributed by atoms with Gasteiger partial charge in [-0.25, -0.2) is 0 Å². The lowest BCUT2D eigenvalue weighted by molar-refractivity contribution is 0.0191. The van der Waals surface area contributed by atoms with Gasteiger partial charge in [-0.15, -0.1) is 24.0 Å². The summed E-state index contributed by atoms with van der Waals surface area (Å²) >= 11 is 0. The van der Waals surface area contributed by atoms with Crippen molar-refractivity contribution in [3.05, 3.63) is 0 Å². The third-order valence-electron chi connectivity index (χ3n) is 6.53. The highest BCUT2D eigenvalue weighted by Gasteiger charge is 2.39. The van der Waals surface area contributed by atoms with Gasteiger partial charge in [0, 0.05) is 25.7 Å². The summed E-state index contributed by atoms with van der Waals surface area (Å²) in [6.45, 7) is 16.1. The lowest BCUT2D eigenvalue weighted by atomic mass is 9.84. The van der Waals surface area contributed by atoms with Crippen LogP contribution in [0.15, 0.2) is 4.99 Å². The first-order valence-corrected chi connectivity index (χ1v) is 11.3. The minimum absolute atomic E-state index is 0. The van der Waals surface area contributed by atoms with E-state index in [1.165, 1.54) is 58.3 Å². The van der Waals surface area contributed by atoms with E-state index in [9.17, 15) is 0 Å². The highest BCUT2D eigenvalue weighted by molar-refractivity contribution is 14.0. The van der Waals surface area contributed by atoms with Crippen molar-refractivity contribution in [2.45, 2.75) is 71.4 Å². The Kier molecular flexibility index (Phi) is 11.8. The average molecular weight is 524 g/mol. The molecule has 1 unspecified atom stereocenters. The number of piperidine rings is 2. The van der Waals surface area contributed by atoms with Gasteiger partial charge in [0.25, 0.3) is 0 Å². The Hall–Kier alpha value is -0.120. The van der Waals surface area contributed by atoms with Gasteiger partial charge in [-0.2, -0.15) is 0 Å². The summed E-state index contributed by atoms with van der Waals surface area (Å²) in [7, 11) is 4.04. The average Bonchev–Trinajstić information content (AvgIpc) is 2.67. The van der Waals surface area contributed by atoms with Crippen LogP contribution in [0.25, 0.3) is 0 Å². The molecule has 0 aliphatic carbocycles. The van der Waals surface area contributed by atoms with Crippen LogP contribution in [0.2, 0.25) is 0 Å². The zero-order valence-electron chi connectivity index (χ0n) is 19.7. The van der Waals surface area contributed by atoms with Gasteiger partial charge in [0.05, 0.1) is 12.6 Å². The normalized spacial score (nSPS) is 22.6. The number of methoxy groups -OCH3 is 1. The van der Waals surface area contributed by atoms with Crippen molar-refractivity contribution in [1.29, 1.82) is 0 Å². The van der Waals surface area contributed by atoms with E-state index in [2.05, 4.69) is 55.2 Å². The molecule has 0 aromatic heterocycles. The van der Waals surface area contributed by atoms with Gasteiger partial charge in [0.1, 0.15) is 0 Å². The summed E-state index contributed by atoms with van der Waals surface area (Å²) in [6.07, 6.45) is 6.63. The Balaban J connectivity index is 0.00000420. The standard InChI is InChI=1S/C22H45N5O.HI/c1-7-23-20(24-17-19(28-6)21(2,3)4)25-18-22(11-15-26(5)16-12-22)27-13-9-8-10-14-27;/h19H,7-18H2,1-6H3,(H2,23,24,25);1H. The van der Waals surface area contributed by atoms with E-state index in [1.54, 1.807) is 7.11 Å². The molecule has 0 aromatic carbocycles. The fourth-order valence-electron chi connectivity index (χ4n) is 4.48. The Morgan fingerprint density at radius 1 is 1.07 bits per heavy atom. The molecule has 0 aromatic rings. The van der Waals surface area contributed by atoms with E-state index in [0.29, 0.717) is 0 Å². The maximum atomic E-state index is 5.71.